The van der Waals surface area contributed by atoms with E-state index in [1.165, 1.54) is 29.5 Å². The molecule has 160 valence electrons. The van der Waals surface area contributed by atoms with Gasteiger partial charge in [-0.2, -0.15) is 0 Å². The molecule has 0 aliphatic heterocycles. The summed E-state index contributed by atoms with van der Waals surface area (Å²) < 4.78 is 10.5. The Kier molecular flexibility index (Phi) is 6.99. The largest absolute Gasteiger partial charge is 0.477 e. The van der Waals surface area contributed by atoms with E-state index in [1.807, 2.05) is 37.3 Å². The molecule has 0 aliphatic carbocycles. The molecule has 0 spiro atoms. The van der Waals surface area contributed by atoms with Crippen molar-refractivity contribution >= 4 is 33.9 Å². The number of carbonyl (C=O) groups excluding carboxylic acids is 2. The Morgan fingerprint density at radius 1 is 1.10 bits per heavy atom. The molecule has 1 amide bonds. The number of esters is 1. The molecule has 0 aliphatic rings. The highest BCUT2D eigenvalue weighted by Gasteiger charge is 2.25. The summed E-state index contributed by atoms with van der Waals surface area (Å²) in [5.41, 5.74) is 1.56. The molecule has 31 heavy (non-hydrogen) atoms. The maximum absolute atomic E-state index is 12.7. The van der Waals surface area contributed by atoms with Crippen molar-refractivity contribution < 1.29 is 24.0 Å². The number of nitro benzene ring substituents is 1. The molecule has 0 saturated heterocycles. The molecule has 9 heteroatoms. The SMILES string of the molecule is CCOC(=O)c1c(NC(=O)COc2ccccc2[N+](=O)[O-])sc(C)c1-c1ccccc1. The van der Waals surface area contributed by atoms with E-state index in [4.69, 9.17) is 9.47 Å². The zero-order valence-electron chi connectivity index (χ0n) is 16.9. The van der Waals surface area contributed by atoms with Crippen molar-refractivity contribution in [3.8, 4) is 16.9 Å². The van der Waals surface area contributed by atoms with E-state index in [1.54, 1.807) is 13.0 Å². The van der Waals surface area contributed by atoms with Gasteiger partial charge in [-0.05, 0) is 25.5 Å². The zero-order valence-corrected chi connectivity index (χ0v) is 17.7. The fourth-order valence-electron chi connectivity index (χ4n) is 3.02. The van der Waals surface area contributed by atoms with Gasteiger partial charge in [-0.15, -0.1) is 11.3 Å². The summed E-state index contributed by atoms with van der Waals surface area (Å²) in [6.45, 7) is 3.30. The molecule has 3 rings (SSSR count). The van der Waals surface area contributed by atoms with E-state index in [0.717, 1.165) is 10.4 Å². The number of carbonyl (C=O) groups is 2. The molecule has 3 aromatic rings. The summed E-state index contributed by atoms with van der Waals surface area (Å²) in [7, 11) is 0. The number of hydrogen-bond acceptors (Lipinski definition) is 7. The van der Waals surface area contributed by atoms with Gasteiger partial charge in [0, 0.05) is 16.5 Å². The Hall–Kier alpha value is -3.72. The van der Waals surface area contributed by atoms with Crippen molar-refractivity contribution in [2.45, 2.75) is 13.8 Å². The molecule has 2 aromatic carbocycles. The first-order valence-corrected chi connectivity index (χ1v) is 10.3. The molecule has 0 atom stereocenters. The Bertz CT molecular complexity index is 1110. The van der Waals surface area contributed by atoms with Gasteiger partial charge in [0.05, 0.1) is 11.5 Å². The second kappa shape index (κ2) is 9.86. The van der Waals surface area contributed by atoms with Crippen LogP contribution in [0.15, 0.2) is 54.6 Å². The van der Waals surface area contributed by atoms with Gasteiger partial charge in [-0.25, -0.2) is 4.79 Å². The number of nitrogens with zero attached hydrogens (tertiary/aromatic N) is 1. The highest BCUT2D eigenvalue weighted by atomic mass is 32.1. The average Bonchev–Trinajstić information content (AvgIpc) is 3.08. The number of ether oxygens (including phenoxy) is 2. The zero-order chi connectivity index (χ0) is 22.4. The molecule has 0 saturated carbocycles. The van der Waals surface area contributed by atoms with Crippen molar-refractivity contribution in [2.24, 2.45) is 0 Å². The van der Waals surface area contributed by atoms with Crippen molar-refractivity contribution in [3.05, 3.63) is 75.2 Å². The summed E-state index contributed by atoms with van der Waals surface area (Å²) in [6, 6.07) is 15.1. The van der Waals surface area contributed by atoms with Crippen LogP contribution in [0.4, 0.5) is 10.7 Å². The highest BCUT2D eigenvalue weighted by Crippen LogP contribution is 2.40. The second-order valence-corrected chi connectivity index (χ2v) is 7.61. The molecular formula is C22H20N2O6S. The van der Waals surface area contributed by atoms with Gasteiger partial charge in [0.15, 0.2) is 12.4 Å². The van der Waals surface area contributed by atoms with Gasteiger partial charge >= 0.3 is 11.7 Å². The topological polar surface area (TPSA) is 108 Å². The minimum Gasteiger partial charge on any atom is -0.477 e. The van der Waals surface area contributed by atoms with Crippen molar-refractivity contribution in [1.29, 1.82) is 0 Å². The number of rotatable bonds is 8. The molecule has 0 fully saturated rings. The van der Waals surface area contributed by atoms with Gasteiger partial charge in [0.25, 0.3) is 5.91 Å². The second-order valence-electron chi connectivity index (χ2n) is 6.39. The van der Waals surface area contributed by atoms with Crippen LogP contribution in [0.5, 0.6) is 5.75 Å². The van der Waals surface area contributed by atoms with Crippen LogP contribution in [0, 0.1) is 17.0 Å². The number of aryl methyl sites for hydroxylation is 1. The fourth-order valence-corrected chi connectivity index (χ4v) is 4.10. The summed E-state index contributed by atoms with van der Waals surface area (Å²) in [6.07, 6.45) is 0. The van der Waals surface area contributed by atoms with E-state index in [0.29, 0.717) is 10.6 Å². The van der Waals surface area contributed by atoms with Gasteiger partial charge in [0.2, 0.25) is 0 Å². The number of hydrogen-bond donors (Lipinski definition) is 1. The van der Waals surface area contributed by atoms with Gasteiger partial charge in [0.1, 0.15) is 10.6 Å². The third kappa shape index (κ3) is 5.07. The molecular weight excluding hydrogens is 420 g/mol. The molecule has 1 heterocycles. The smallest absolute Gasteiger partial charge is 0.341 e. The third-order valence-corrected chi connectivity index (χ3v) is 5.32. The highest BCUT2D eigenvalue weighted by molar-refractivity contribution is 7.17. The van der Waals surface area contributed by atoms with Crippen LogP contribution >= 0.6 is 11.3 Å². The number of amides is 1. The number of benzene rings is 2. The Morgan fingerprint density at radius 2 is 1.77 bits per heavy atom. The molecule has 1 N–H and O–H groups in total. The van der Waals surface area contributed by atoms with Crippen LogP contribution in [0.3, 0.4) is 0 Å². The van der Waals surface area contributed by atoms with E-state index in [9.17, 15) is 19.7 Å². The Balaban J connectivity index is 1.85. The molecule has 0 unspecified atom stereocenters. The lowest BCUT2D eigenvalue weighted by Gasteiger charge is -2.10. The number of anilines is 1. The predicted octanol–water partition coefficient (Wildman–Crippen LogP) is 4.83. The minimum absolute atomic E-state index is 0.0133. The Morgan fingerprint density at radius 3 is 2.45 bits per heavy atom. The normalized spacial score (nSPS) is 10.4. The monoisotopic (exact) mass is 440 g/mol. The maximum Gasteiger partial charge on any atom is 0.341 e. The lowest BCUT2D eigenvalue weighted by Crippen LogP contribution is -2.21. The molecule has 0 bridgehead atoms. The summed E-state index contributed by atoms with van der Waals surface area (Å²) in [4.78, 5) is 36.5. The first-order chi connectivity index (χ1) is 14.9. The first kappa shape index (κ1) is 22.0. The van der Waals surface area contributed by atoms with Crippen LogP contribution in [0.25, 0.3) is 11.1 Å². The van der Waals surface area contributed by atoms with Crippen LogP contribution < -0.4 is 10.1 Å². The van der Waals surface area contributed by atoms with Crippen LogP contribution in [0.1, 0.15) is 22.2 Å². The van der Waals surface area contributed by atoms with Crippen molar-refractivity contribution in [3.63, 3.8) is 0 Å². The van der Waals surface area contributed by atoms with Crippen molar-refractivity contribution in [1.82, 2.24) is 0 Å². The molecule has 0 radical (unpaired) electrons. The average molecular weight is 440 g/mol. The van der Waals surface area contributed by atoms with E-state index in [-0.39, 0.29) is 23.6 Å². The van der Waals surface area contributed by atoms with Crippen LogP contribution in [-0.2, 0) is 9.53 Å². The summed E-state index contributed by atoms with van der Waals surface area (Å²) in [5, 5.41) is 14.1. The summed E-state index contributed by atoms with van der Waals surface area (Å²) in [5.74, 6) is -1.11. The van der Waals surface area contributed by atoms with Crippen LogP contribution in [0.2, 0.25) is 0 Å². The van der Waals surface area contributed by atoms with Crippen molar-refractivity contribution in [2.75, 3.05) is 18.5 Å². The standard InChI is InChI=1S/C22H20N2O6S/c1-3-29-22(26)20-19(15-9-5-4-6-10-15)14(2)31-21(20)23-18(25)13-30-17-12-8-7-11-16(17)24(27)28/h4-12H,3,13H2,1-2H3,(H,23,25). The lowest BCUT2D eigenvalue weighted by molar-refractivity contribution is -0.385. The van der Waals surface area contributed by atoms with Gasteiger partial charge < -0.3 is 14.8 Å². The van der Waals surface area contributed by atoms with E-state index in [2.05, 4.69) is 5.32 Å². The van der Waals surface area contributed by atoms with E-state index < -0.39 is 23.4 Å². The lowest BCUT2D eigenvalue weighted by atomic mass is 10.0. The number of para-hydroxylation sites is 2. The molecule has 8 nitrogen and oxygen atoms in total. The summed E-state index contributed by atoms with van der Waals surface area (Å²) >= 11 is 1.25. The third-order valence-electron chi connectivity index (χ3n) is 4.30. The van der Waals surface area contributed by atoms with E-state index >= 15 is 0 Å². The van der Waals surface area contributed by atoms with Gasteiger partial charge in [-0.1, -0.05) is 42.5 Å². The van der Waals surface area contributed by atoms with Gasteiger partial charge in [-0.3, -0.25) is 14.9 Å². The number of nitrogens with one attached hydrogen (secondary N) is 1. The van der Waals surface area contributed by atoms with Crippen LogP contribution in [-0.4, -0.2) is 30.0 Å². The number of nitro groups is 1. The predicted molar refractivity (Wildman–Crippen MR) is 118 cm³/mol. The minimum atomic E-state index is -0.582. The molecule has 1 aromatic heterocycles. The quantitative estimate of drug-likeness (QED) is 0.305. The Labute approximate surface area is 182 Å². The first-order valence-electron chi connectivity index (χ1n) is 9.44. The number of thiophene rings is 1. The fraction of sp³-hybridized carbons (Fsp3) is 0.182. The maximum atomic E-state index is 12.7.